The number of benzene rings is 1. The lowest BCUT2D eigenvalue weighted by Gasteiger charge is -2.16. The van der Waals surface area contributed by atoms with Gasteiger partial charge in [0, 0.05) is 6.54 Å². The van der Waals surface area contributed by atoms with Gasteiger partial charge in [0.05, 0.1) is 19.7 Å². The van der Waals surface area contributed by atoms with E-state index in [1.165, 1.54) is 16.7 Å². The van der Waals surface area contributed by atoms with Crippen LogP contribution in [0.25, 0.3) is 0 Å². The van der Waals surface area contributed by atoms with Gasteiger partial charge in [-0.1, -0.05) is 19.9 Å². The Hall–Kier alpha value is -1.53. The SMILES string of the molecule is COc1cc(C)c(CNCC#N)cc1C(C)C. The van der Waals surface area contributed by atoms with Crippen LogP contribution in [0.3, 0.4) is 0 Å². The Morgan fingerprint density at radius 1 is 1.41 bits per heavy atom. The Kier molecular flexibility index (Phi) is 4.99. The minimum atomic E-state index is 0.377. The highest BCUT2D eigenvalue weighted by Gasteiger charge is 2.10. The number of nitrogens with one attached hydrogen (secondary N) is 1. The highest BCUT2D eigenvalue weighted by atomic mass is 16.5. The summed E-state index contributed by atoms with van der Waals surface area (Å²) in [4.78, 5) is 0. The van der Waals surface area contributed by atoms with E-state index in [0.717, 1.165) is 12.3 Å². The molecule has 0 spiro atoms. The molecule has 1 aromatic carbocycles. The van der Waals surface area contributed by atoms with Crippen molar-refractivity contribution in [1.29, 1.82) is 5.26 Å². The zero-order valence-corrected chi connectivity index (χ0v) is 11.0. The lowest BCUT2D eigenvalue weighted by Crippen LogP contribution is -2.14. The van der Waals surface area contributed by atoms with Crippen molar-refractivity contribution < 1.29 is 4.74 Å². The first-order chi connectivity index (χ1) is 8.10. The largest absolute Gasteiger partial charge is 0.496 e. The number of nitriles is 1. The number of aryl methyl sites for hydroxylation is 1. The molecule has 1 rings (SSSR count). The van der Waals surface area contributed by atoms with Crippen molar-refractivity contribution in [2.24, 2.45) is 0 Å². The Morgan fingerprint density at radius 3 is 2.65 bits per heavy atom. The fraction of sp³-hybridized carbons (Fsp3) is 0.500. The van der Waals surface area contributed by atoms with Crippen LogP contribution in [0.5, 0.6) is 5.75 Å². The van der Waals surface area contributed by atoms with Crippen molar-refractivity contribution in [2.45, 2.75) is 33.2 Å². The molecule has 0 aliphatic rings. The maximum atomic E-state index is 8.51. The van der Waals surface area contributed by atoms with Gasteiger partial charge in [-0.2, -0.15) is 5.26 Å². The van der Waals surface area contributed by atoms with Crippen LogP contribution in [0, 0.1) is 18.3 Å². The molecule has 3 nitrogen and oxygen atoms in total. The average molecular weight is 232 g/mol. The van der Waals surface area contributed by atoms with Crippen LogP contribution >= 0.6 is 0 Å². The molecule has 1 N–H and O–H groups in total. The minimum absolute atomic E-state index is 0.377. The fourth-order valence-corrected chi connectivity index (χ4v) is 1.82. The van der Waals surface area contributed by atoms with Crippen molar-refractivity contribution >= 4 is 0 Å². The third-order valence-corrected chi connectivity index (χ3v) is 2.83. The quantitative estimate of drug-likeness (QED) is 0.627. The second kappa shape index (κ2) is 6.27. The van der Waals surface area contributed by atoms with E-state index in [1.807, 2.05) is 0 Å². The maximum absolute atomic E-state index is 8.51. The topological polar surface area (TPSA) is 45.0 Å². The zero-order chi connectivity index (χ0) is 12.8. The van der Waals surface area contributed by atoms with Crippen LogP contribution in [0.1, 0.15) is 36.5 Å². The monoisotopic (exact) mass is 232 g/mol. The summed E-state index contributed by atoms with van der Waals surface area (Å²) in [6.45, 7) is 7.47. The summed E-state index contributed by atoms with van der Waals surface area (Å²) >= 11 is 0. The molecule has 0 radical (unpaired) electrons. The van der Waals surface area contributed by atoms with Crippen molar-refractivity contribution in [3.63, 3.8) is 0 Å². The molecule has 0 aromatic heterocycles. The molecule has 0 heterocycles. The molecule has 0 aliphatic carbocycles. The summed E-state index contributed by atoms with van der Waals surface area (Å²) in [6.07, 6.45) is 0. The third-order valence-electron chi connectivity index (χ3n) is 2.83. The van der Waals surface area contributed by atoms with Gasteiger partial charge in [0.2, 0.25) is 0 Å². The van der Waals surface area contributed by atoms with Crippen LogP contribution < -0.4 is 10.1 Å². The number of rotatable bonds is 5. The summed E-state index contributed by atoms with van der Waals surface area (Å²) < 4.78 is 5.40. The van der Waals surface area contributed by atoms with E-state index < -0.39 is 0 Å². The van der Waals surface area contributed by atoms with E-state index in [2.05, 4.69) is 44.3 Å². The second-order valence-corrected chi connectivity index (χ2v) is 4.44. The predicted molar refractivity (Wildman–Crippen MR) is 69.1 cm³/mol. The van der Waals surface area contributed by atoms with Gasteiger partial charge in [-0.05, 0) is 35.6 Å². The summed E-state index contributed by atoms with van der Waals surface area (Å²) in [5.74, 6) is 1.38. The standard InChI is InChI=1S/C14H20N2O/c1-10(2)13-8-12(9-16-6-5-15)11(3)7-14(13)17-4/h7-8,10,16H,6,9H2,1-4H3. The van der Waals surface area contributed by atoms with Crippen LogP contribution in [0.2, 0.25) is 0 Å². The molecule has 0 saturated heterocycles. The molecular weight excluding hydrogens is 212 g/mol. The van der Waals surface area contributed by atoms with Gasteiger partial charge in [0.15, 0.2) is 0 Å². The molecule has 0 unspecified atom stereocenters. The van der Waals surface area contributed by atoms with E-state index in [4.69, 9.17) is 10.00 Å². The molecule has 1 aromatic rings. The maximum Gasteiger partial charge on any atom is 0.122 e. The molecular formula is C14H20N2O. The first-order valence-corrected chi connectivity index (χ1v) is 5.85. The number of hydrogen-bond donors (Lipinski definition) is 1. The number of hydrogen-bond acceptors (Lipinski definition) is 3. The second-order valence-electron chi connectivity index (χ2n) is 4.44. The predicted octanol–water partition coefficient (Wildman–Crippen LogP) is 2.74. The lowest BCUT2D eigenvalue weighted by atomic mass is 9.96. The van der Waals surface area contributed by atoms with Crippen LogP contribution in [-0.2, 0) is 6.54 Å². The molecule has 0 amide bonds. The first-order valence-electron chi connectivity index (χ1n) is 5.85. The summed E-state index contributed by atoms with van der Waals surface area (Å²) in [6, 6.07) is 6.32. The number of ether oxygens (including phenoxy) is 1. The summed E-state index contributed by atoms with van der Waals surface area (Å²) in [5.41, 5.74) is 3.63. The van der Waals surface area contributed by atoms with Crippen LogP contribution in [-0.4, -0.2) is 13.7 Å². The Balaban J connectivity index is 2.99. The highest BCUT2D eigenvalue weighted by molar-refractivity contribution is 5.43. The molecule has 17 heavy (non-hydrogen) atoms. The van der Waals surface area contributed by atoms with E-state index in [1.54, 1.807) is 7.11 Å². The van der Waals surface area contributed by atoms with Gasteiger partial charge < -0.3 is 10.1 Å². The van der Waals surface area contributed by atoms with Gasteiger partial charge in [0.25, 0.3) is 0 Å². The minimum Gasteiger partial charge on any atom is -0.496 e. The fourth-order valence-electron chi connectivity index (χ4n) is 1.82. The molecule has 92 valence electrons. The van der Waals surface area contributed by atoms with E-state index >= 15 is 0 Å². The molecule has 0 atom stereocenters. The van der Waals surface area contributed by atoms with Gasteiger partial charge in [0.1, 0.15) is 5.75 Å². The Labute approximate surface area is 103 Å². The highest BCUT2D eigenvalue weighted by Crippen LogP contribution is 2.29. The number of nitrogens with zero attached hydrogens (tertiary/aromatic N) is 1. The summed E-state index contributed by atoms with van der Waals surface area (Å²) in [5, 5.41) is 11.6. The molecule has 0 bridgehead atoms. The van der Waals surface area contributed by atoms with Gasteiger partial charge in [-0.25, -0.2) is 0 Å². The van der Waals surface area contributed by atoms with Crippen LogP contribution in [0.15, 0.2) is 12.1 Å². The summed E-state index contributed by atoms with van der Waals surface area (Å²) in [7, 11) is 1.70. The lowest BCUT2D eigenvalue weighted by molar-refractivity contribution is 0.407. The Bertz CT molecular complexity index is 419. The Morgan fingerprint density at radius 2 is 2.12 bits per heavy atom. The molecule has 0 fully saturated rings. The van der Waals surface area contributed by atoms with E-state index in [-0.39, 0.29) is 0 Å². The van der Waals surface area contributed by atoms with E-state index in [0.29, 0.717) is 12.5 Å². The third kappa shape index (κ3) is 3.47. The first kappa shape index (κ1) is 13.5. The molecule has 3 heteroatoms. The van der Waals surface area contributed by atoms with E-state index in [9.17, 15) is 0 Å². The van der Waals surface area contributed by atoms with Crippen molar-refractivity contribution in [3.8, 4) is 11.8 Å². The number of methoxy groups -OCH3 is 1. The zero-order valence-electron chi connectivity index (χ0n) is 11.0. The molecule has 0 saturated carbocycles. The van der Waals surface area contributed by atoms with Crippen molar-refractivity contribution in [3.05, 3.63) is 28.8 Å². The average Bonchev–Trinajstić information content (AvgIpc) is 2.30. The van der Waals surface area contributed by atoms with Gasteiger partial charge in [-0.3, -0.25) is 0 Å². The van der Waals surface area contributed by atoms with Crippen LogP contribution in [0.4, 0.5) is 0 Å². The van der Waals surface area contributed by atoms with Crippen molar-refractivity contribution in [1.82, 2.24) is 5.32 Å². The smallest absolute Gasteiger partial charge is 0.122 e. The van der Waals surface area contributed by atoms with Crippen molar-refractivity contribution in [2.75, 3.05) is 13.7 Å². The molecule has 0 aliphatic heterocycles. The normalized spacial score (nSPS) is 10.4. The van der Waals surface area contributed by atoms with Gasteiger partial charge >= 0.3 is 0 Å². The van der Waals surface area contributed by atoms with Gasteiger partial charge in [-0.15, -0.1) is 0 Å².